The summed E-state index contributed by atoms with van der Waals surface area (Å²) < 4.78 is 26.0. The molecule has 86 valence electrons. The van der Waals surface area contributed by atoms with Gasteiger partial charge in [-0.3, -0.25) is 4.18 Å². The van der Waals surface area contributed by atoms with Crippen molar-refractivity contribution in [2.45, 2.75) is 12.8 Å². The van der Waals surface area contributed by atoms with Crippen molar-refractivity contribution >= 4 is 10.1 Å². The summed E-state index contributed by atoms with van der Waals surface area (Å²) in [6, 6.07) is 9.35. The quantitative estimate of drug-likeness (QED) is 0.576. The Labute approximate surface area is 95.6 Å². The van der Waals surface area contributed by atoms with E-state index < -0.39 is 10.1 Å². The lowest BCUT2D eigenvalue weighted by atomic mass is 10.0. The topological polar surface area (TPSA) is 67.2 Å². The molecule has 0 spiro atoms. The van der Waals surface area contributed by atoms with Gasteiger partial charge in [-0.15, -0.1) is 0 Å². The first-order chi connectivity index (χ1) is 7.53. The Hall–Kier alpha value is -1.38. The molecule has 16 heavy (non-hydrogen) atoms. The van der Waals surface area contributed by atoms with Crippen molar-refractivity contribution in [1.82, 2.24) is 0 Å². The largest absolute Gasteiger partial charge is 0.270 e. The molecule has 0 saturated carbocycles. The normalized spacial score (nSPS) is 11.0. The smallest absolute Gasteiger partial charge is 0.264 e. The number of rotatable bonds is 5. The lowest BCUT2D eigenvalue weighted by Crippen LogP contribution is -2.05. The van der Waals surface area contributed by atoms with Crippen LogP contribution in [-0.2, 0) is 20.7 Å². The van der Waals surface area contributed by atoms with Gasteiger partial charge >= 0.3 is 0 Å². The molecule has 0 N–H and O–H groups in total. The first-order valence-electron chi connectivity index (χ1n) is 4.85. The molecule has 0 bridgehead atoms. The maximum atomic E-state index is 10.7. The molecule has 0 aliphatic carbocycles. The van der Waals surface area contributed by atoms with Crippen molar-refractivity contribution < 1.29 is 12.6 Å². The Bertz CT molecular complexity index is 488. The molecule has 0 unspecified atom stereocenters. The van der Waals surface area contributed by atoms with E-state index in [2.05, 4.69) is 10.3 Å². The average molecular weight is 239 g/mol. The lowest BCUT2D eigenvalue weighted by molar-refractivity contribution is 0.316. The zero-order valence-electron chi connectivity index (χ0n) is 9.01. The SMILES string of the molecule is CS(=O)(=O)OCCCc1ccccc1C#N. The number of aryl methyl sites for hydroxylation is 1. The standard InChI is InChI=1S/C11H13NO3S/c1-16(13,14)15-8-4-7-10-5-2-3-6-11(10)9-12/h2-3,5-6H,4,7-8H2,1H3. The zero-order chi connectivity index (χ0) is 12.0. The molecule has 0 fully saturated rings. The summed E-state index contributed by atoms with van der Waals surface area (Å²) in [6.45, 7) is 0.151. The molecule has 4 nitrogen and oxygen atoms in total. The monoisotopic (exact) mass is 239 g/mol. The number of benzene rings is 1. The van der Waals surface area contributed by atoms with E-state index in [1.807, 2.05) is 12.1 Å². The van der Waals surface area contributed by atoms with Gasteiger partial charge in [-0.05, 0) is 24.5 Å². The Kier molecular flexibility index (Phi) is 4.47. The highest BCUT2D eigenvalue weighted by atomic mass is 32.2. The van der Waals surface area contributed by atoms with Gasteiger partial charge in [0.1, 0.15) is 0 Å². The molecule has 0 amide bonds. The van der Waals surface area contributed by atoms with Crippen LogP contribution >= 0.6 is 0 Å². The van der Waals surface area contributed by atoms with Gasteiger partial charge in [-0.2, -0.15) is 13.7 Å². The summed E-state index contributed by atoms with van der Waals surface area (Å²) in [7, 11) is -3.36. The minimum absolute atomic E-state index is 0.151. The van der Waals surface area contributed by atoms with Gasteiger partial charge in [-0.25, -0.2) is 0 Å². The summed E-state index contributed by atoms with van der Waals surface area (Å²) in [5, 5.41) is 8.83. The first kappa shape index (κ1) is 12.7. The second-order valence-electron chi connectivity index (χ2n) is 3.40. The number of hydrogen-bond acceptors (Lipinski definition) is 4. The van der Waals surface area contributed by atoms with Crippen molar-refractivity contribution in [3.8, 4) is 6.07 Å². The fraction of sp³-hybridized carbons (Fsp3) is 0.364. The highest BCUT2D eigenvalue weighted by Crippen LogP contribution is 2.09. The van der Waals surface area contributed by atoms with Crippen molar-refractivity contribution in [2.24, 2.45) is 0 Å². The maximum absolute atomic E-state index is 10.7. The van der Waals surface area contributed by atoms with E-state index in [-0.39, 0.29) is 6.61 Å². The third-order valence-electron chi connectivity index (χ3n) is 2.03. The molecular weight excluding hydrogens is 226 g/mol. The summed E-state index contributed by atoms with van der Waals surface area (Å²) >= 11 is 0. The van der Waals surface area contributed by atoms with Gasteiger partial charge in [0.25, 0.3) is 10.1 Å². The second-order valence-corrected chi connectivity index (χ2v) is 5.04. The van der Waals surface area contributed by atoms with Crippen LogP contribution in [-0.4, -0.2) is 21.3 Å². The zero-order valence-corrected chi connectivity index (χ0v) is 9.83. The second kappa shape index (κ2) is 5.64. The average Bonchev–Trinajstić information content (AvgIpc) is 2.23. The minimum Gasteiger partial charge on any atom is -0.270 e. The van der Waals surface area contributed by atoms with E-state index in [1.54, 1.807) is 12.1 Å². The van der Waals surface area contributed by atoms with E-state index >= 15 is 0 Å². The van der Waals surface area contributed by atoms with E-state index in [4.69, 9.17) is 5.26 Å². The van der Waals surface area contributed by atoms with E-state index in [1.165, 1.54) is 0 Å². The Morgan fingerprint density at radius 3 is 2.69 bits per heavy atom. The molecule has 0 aliphatic heterocycles. The number of nitrogens with zero attached hydrogens (tertiary/aromatic N) is 1. The molecule has 0 aliphatic rings. The molecule has 0 aromatic heterocycles. The van der Waals surface area contributed by atoms with Gasteiger partial charge in [0.2, 0.25) is 0 Å². The van der Waals surface area contributed by atoms with Crippen LogP contribution in [0.25, 0.3) is 0 Å². The fourth-order valence-corrected chi connectivity index (χ4v) is 1.74. The summed E-state index contributed by atoms with van der Waals surface area (Å²) in [4.78, 5) is 0. The van der Waals surface area contributed by atoms with Crippen LogP contribution in [0.5, 0.6) is 0 Å². The van der Waals surface area contributed by atoms with Crippen LogP contribution in [0, 0.1) is 11.3 Å². The highest BCUT2D eigenvalue weighted by molar-refractivity contribution is 7.85. The van der Waals surface area contributed by atoms with E-state index in [0.29, 0.717) is 18.4 Å². The van der Waals surface area contributed by atoms with Crippen LogP contribution in [0.15, 0.2) is 24.3 Å². The highest BCUT2D eigenvalue weighted by Gasteiger charge is 2.03. The molecule has 5 heteroatoms. The van der Waals surface area contributed by atoms with Crippen LogP contribution in [0.1, 0.15) is 17.5 Å². The van der Waals surface area contributed by atoms with Crippen LogP contribution < -0.4 is 0 Å². The molecule has 1 rings (SSSR count). The molecule has 1 aromatic rings. The fourth-order valence-electron chi connectivity index (χ4n) is 1.32. The molecule has 0 atom stereocenters. The third kappa shape index (κ3) is 4.43. The number of hydrogen-bond donors (Lipinski definition) is 0. The maximum Gasteiger partial charge on any atom is 0.264 e. The van der Waals surface area contributed by atoms with Crippen molar-refractivity contribution in [1.29, 1.82) is 5.26 Å². The molecular formula is C11H13NO3S. The first-order valence-corrected chi connectivity index (χ1v) is 6.67. The number of nitriles is 1. The Balaban J connectivity index is 2.47. The Morgan fingerprint density at radius 1 is 1.38 bits per heavy atom. The molecule has 1 aromatic carbocycles. The van der Waals surface area contributed by atoms with E-state index in [9.17, 15) is 8.42 Å². The van der Waals surface area contributed by atoms with Crippen LogP contribution in [0.2, 0.25) is 0 Å². The van der Waals surface area contributed by atoms with Gasteiger partial charge < -0.3 is 0 Å². The molecule has 0 radical (unpaired) electrons. The lowest BCUT2D eigenvalue weighted by Gasteiger charge is -2.03. The summed E-state index contributed by atoms with van der Waals surface area (Å²) in [5.74, 6) is 0. The van der Waals surface area contributed by atoms with E-state index in [0.717, 1.165) is 11.8 Å². The predicted octanol–water partition coefficient (Wildman–Crippen LogP) is 1.47. The van der Waals surface area contributed by atoms with Crippen molar-refractivity contribution in [2.75, 3.05) is 12.9 Å². The van der Waals surface area contributed by atoms with Gasteiger partial charge in [0, 0.05) is 0 Å². The van der Waals surface area contributed by atoms with Gasteiger partial charge in [0.15, 0.2) is 0 Å². The van der Waals surface area contributed by atoms with Gasteiger partial charge in [0.05, 0.1) is 24.5 Å². The van der Waals surface area contributed by atoms with Crippen LogP contribution in [0.4, 0.5) is 0 Å². The summed E-state index contributed by atoms with van der Waals surface area (Å²) in [5.41, 5.74) is 1.55. The summed E-state index contributed by atoms with van der Waals surface area (Å²) in [6.07, 6.45) is 2.24. The van der Waals surface area contributed by atoms with Gasteiger partial charge in [-0.1, -0.05) is 18.2 Å². The van der Waals surface area contributed by atoms with Crippen molar-refractivity contribution in [3.05, 3.63) is 35.4 Å². The minimum atomic E-state index is -3.36. The van der Waals surface area contributed by atoms with Crippen LogP contribution in [0.3, 0.4) is 0 Å². The third-order valence-corrected chi connectivity index (χ3v) is 2.62. The van der Waals surface area contributed by atoms with Crippen molar-refractivity contribution in [3.63, 3.8) is 0 Å². The molecule has 0 saturated heterocycles. The predicted molar refractivity (Wildman–Crippen MR) is 60.3 cm³/mol. The Morgan fingerprint density at radius 2 is 2.06 bits per heavy atom. The molecule has 0 heterocycles.